The third-order valence-electron chi connectivity index (χ3n) is 3.17. The maximum atomic E-state index is 12.0. The average molecular weight is 313 g/mol. The second-order valence-electron chi connectivity index (χ2n) is 4.53. The molecule has 0 unspecified atom stereocenters. The van der Waals surface area contributed by atoms with Crippen LogP contribution in [0.5, 0.6) is 0 Å². The number of likely N-dealkylation sites (tertiary alicyclic amines) is 1. The molecule has 1 aromatic heterocycles. The molecule has 1 aliphatic rings. The molecule has 2 amide bonds. The van der Waals surface area contributed by atoms with E-state index in [1.54, 1.807) is 4.90 Å². The van der Waals surface area contributed by atoms with Crippen LogP contribution in [0, 0.1) is 10.1 Å². The van der Waals surface area contributed by atoms with Gasteiger partial charge in [0.05, 0.1) is 11.5 Å². The van der Waals surface area contributed by atoms with Crippen LogP contribution in [0.15, 0.2) is 12.3 Å². The molecule has 2 heterocycles. The minimum absolute atomic E-state index is 0.198. The Morgan fingerprint density at radius 2 is 2.10 bits per heavy atom. The van der Waals surface area contributed by atoms with Gasteiger partial charge in [0.1, 0.15) is 5.56 Å². The molecule has 0 radical (unpaired) electrons. The van der Waals surface area contributed by atoms with Gasteiger partial charge in [-0.05, 0) is 18.9 Å². The van der Waals surface area contributed by atoms with Crippen LogP contribution in [0.4, 0.5) is 5.69 Å². The zero-order valence-electron chi connectivity index (χ0n) is 11.0. The summed E-state index contributed by atoms with van der Waals surface area (Å²) >= 11 is 5.63. The van der Waals surface area contributed by atoms with E-state index in [9.17, 15) is 19.7 Å². The molecular formula is C12H13ClN4O4. The molecule has 1 N–H and O–H groups in total. The minimum atomic E-state index is -0.771. The van der Waals surface area contributed by atoms with Crippen LogP contribution >= 0.6 is 11.6 Å². The number of carbonyl (C=O) groups is 2. The van der Waals surface area contributed by atoms with E-state index >= 15 is 0 Å². The fourth-order valence-corrected chi connectivity index (χ4v) is 2.34. The van der Waals surface area contributed by atoms with Gasteiger partial charge in [0.25, 0.3) is 5.91 Å². The fraction of sp³-hybridized carbons (Fsp3) is 0.417. The summed E-state index contributed by atoms with van der Waals surface area (Å²) in [5.74, 6) is -0.929. The molecule has 21 heavy (non-hydrogen) atoms. The van der Waals surface area contributed by atoms with Crippen LogP contribution in [-0.4, -0.2) is 46.3 Å². The molecule has 0 spiro atoms. The molecular weight excluding hydrogens is 300 g/mol. The number of nitrogens with zero attached hydrogens (tertiary/aromatic N) is 3. The number of rotatable bonds is 4. The normalized spacial score (nSPS) is 14.0. The summed E-state index contributed by atoms with van der Waals surface area (Å²) in [5.41, 5.74) is -0.778. The number of halogens is 1. The number of nitrogens with one attached hydrogen (secondary N) is 1. The molecule has 0 saturated carbocycles. The Hall–Kier alpha value is -2.22. The van der Waals surface area contributed by atoms with Crippen LogP contribution in [0.2, 0.25) is 5.15 Å². The van der Waals surface area contributed by atoms with E-state index in [0.29, 0.717) is 13.1 Å². The lowest BCUT2D eigenvalue weighted by Gasteiger charge is -2.15. The molecule has 0 aliphatic carbocycles. The summed E-state index contributed by atoms with van der Waals surface area (Å²) in [4.78, 5) is 39.1. The minimum Gasteiger partial charge on any atom is -0.343 e. The van der Waals surface area contributed by atoms with Crippen molar-refractivity contribution in [2.24, 2.45) is 0 Å². The molecule has 1 aromatic rings. The predicted octanol–water partition coefficient (Wildman–Crippen LogP) is 0.995. The number of aromatic nitrogens is 1. The number of hydrogen-bond donors (Lipinski definition) is 1. The van der Waals surface area contributed by atoms with Gasteiger partial charge in [0, 0.05) is 19.3 Å². The number of carbonyl (C=O) groups excluding carboxylic acids is 2. The topological polar surface area (TPSA) is 105 Å². The van der Waals surface area contributed by atoms with E-state index < -0.39 is 16.5 Å². The van der Waals surface area contributed by atoms with E-state index in [0.717, 1.165) is 12.8 Å². The van der Waals surface area contributed by atoms with Gasteiger partial charge in [0.2, 0.25) is 11.1 Å². The molecule has 0 atom stereocenters. The van der Waals surface area contributed by atoms with Gasteiger partial charge in [-0.1, -0.05) is 11.6 Å². The van der Waals surface area contributed by atoms with Crippen LogP contribution < -0.4 is 5.32 Å². The predicted molar refractivity (Wildman–Crippen MR) is 74.0 cm³/mol. The van der Waals surface area contributed by atoms with Gasteiger partial charge in [-0.25, -0.2) is 4.98 Å². The first-order chi connectivity index (χ1) is 10.0. The first-order valence-corrected chi connectivity index (χ1v) is 6.73. The zero-order chi connectivity index (χ0) is 15.4. The molecule has 2 rings (SSSR count). The van der Waals surface area contributed by atoms with Crippen molar-refractivity contribution in [2.75, 3.05) is 19.6 Å². The smallest absolute Gasteiger partial charge is 0.319 e. The highest BCUT2D eigenvalue weighted by molar-refractivity contribution is 6.32. The van der Waals surface area contributed by atoms with Crippen LogP contribution in [0.1, 0.15) is 23.2 Å². The van der Waals surface area contributed by atoms with E-state index in [1.807, 2.05) is 0 Å². The lowest BCUT2D eigenvalue weighted by Crippen LogP contribution is -2.38. The largest absolute Gasteiger partial charge is 0.343 e. The van der Waals surface area contributed by atoms with Crippen LogP contribution in [-0.2, 0) is 4.79 Å². The highest BCUT2D eigenvalue weighted by atomic mass is 35.5. The standard InChI is InChI=1S/C12H13ClN4O4/c13-11-10(17(20)21)8(3-4-14-11)12(19)15-7-9(18)16-5-1-2-6-16/h3-4H,1-2,5-7H2,(H,15,19). The second-order valence-corrected chi connectivity index (χ2v) is 4.88. The van der Waals surface area contributed by atoms with Crippen LogP contribution in [0.3, 0.4) is 0 Å². The van der Waals surface area contributed by atoms with E-state index in [1.165, 1.54) is 12.3 Å². The maximum absolute atomic E-state index is 12.0. The molecule has 0 aromatic carbocycles. The quantitative estimate of drug-likeness (QED) is 0.507. The number of hydrogen-bond acceptors (Lipinski definition) is 5. The van der Waals surface area contributed by atoms with Gasteiger partial charge in [-0.3, -0.25) is 19.7 Å². The molecule has 1 aliphatic heterocycles. The fourth-order valence-electron chi connectivity index (χ4n) is 2.11. The van der Waals surface area contributed by atoms with Gasteiger partial charge < -0.3 is 10.2 Å². The molecule has 9 heteroatoms. The lowest BCUT2D eigenvalue weighted by molar-refractivity contribution is -0.385. The van der Waals surface area contributed by atoms with Crippen molar-refractivity contribution in [3.8, 4) is 0 Å². The van der Waals surface area contributed by atoms with Crippen molar-refractivity contribution < 1.29 is 14.5 Å². The van der Waals surface area contributed by atoms with Gasteiger partial charge in [0.15, 0.2) is 0 Å². The Balaban J connectivity index is 2.05. The van der Waals surface area contributed by atoms with Crippen molar-refractivity contribution in [3.05, 3.63) is 33.1 Å². The zero-order valence-corrected chi connectivity index (χ0v) is 11.8. The van der Waals surface area contributed by atoms with Crippen molar-refractivity contribution in [1.29, 1.82) is 0 Å². The molecule has 1 saturated heterocycles. The number of nitro groups is 1. The summed E-state index contributed by atoms with van der Waals surface area (Å²) < 4.78 is 0. The van der Waals surface area contributed by atoms with E-state index in [2.05, 4.69) is 10.3 Å². The Morgan fingerprint density at radius 1 is 1.43 bits per heavy atom. The Labute approximate surface area is 125 Å². The van der Waals surface area contributed by atoms with Gasteiger partial charge >= 0.3 is 5.69 Å². The second kappa shape index (κ2) is 6.49. The third-order valence-corrected chi connectivity index (χ3v) is 3.44. The molecule has 8 nitrogen and oxygen atoms in total. The summed E-state index contributed by atoms with van der Waals surface area (Å²) in [5, 5.41) is 12.9. The van der Waals surface area contributed by atoms with Crippen LogP contribution in [0.25, 0.3) is 0 Å². The van der Waals surface area contributed by atoms with Crippen molar-refractivity contribution in [1.82, 2.24) is 15.2 Å². The molecule has 0 bridgehead atoms. The van der Waals surface area contributed by atoms with Crippen molar-refractivity contribution >= 4 is 29.1 Å². The Morgan fingerprint density at radius 3 is 2.71 bits per heavy atom. The SMILES string of the molecule is O=C(NCC(=O)N1CCCC1)c1ccnc(Cl)c1[N+](=O)[O-]. The third kappa shape index (κ3) is 3.46. The summed E-state index contributed by atoms with van der Waals surface area (Å²) in [6.45, 7) is 1.15. The monoisotopic (exact) mass is 312 g/mol. The summed E-state index contributed by atoms with van der Waals surface area (Å²) in [6, 6.07) is 1.19. The first kappa shape index (κ1) is 15.2. The molecule has 112 valence electrons. The van der Waals surface area contributed by atoms with Gasteiger partial charge in [-0.2, -0.15) is 0 Å². The first-order valence-electron chi connectivity index (χ1n) is 6.35. The Bertz CT molecular complexity index is 587. The lowest BCUT2D eigenvalue weighted by atomic mass is 10.2. The highest BCUT2D eigenvalue weighted by Crippen LogP contribution is 2.25. The average Bonchev–Trinajstić information content (AvgIpc) is 2.97. The Kier molecular flexibility index (Phi) is 4.69. The molecule has 1 fully saturated rings. The summed E-state index contributed by atoms with van der Waals surface area (Å²) in [6.07, 6.45) is 3.10. The van der Waals surface area contributed by atoms with E-state index in [-0.39, 0.29) is 23.2 Å². The summed E-state index contributed by atoms with van der Waals surface area (Å²) in [7, 11) is 0. The number of pyridine rings is 1. The van der Waals surface area contributed by atoms with Crippen molar-refractivity contribution in [2.45, 2.75) is 12.8 Å². The van der Waals surface area contributed by atoms with Crippen molar-refractivity contribution in [3.63, 3.8) is 0 Å². The van der Waals surface area contributed by atoms with Gasteiger partial charge in [-0.15, -0.1) is 0 Å². The maximum Gasteiger partial charge on any atom is 0.319 e. The number of amides is 2. The highest BCUT2D eigenvalue weighted by Gasteiger charge is 2.25. The van der Waals surface area contributed by atoms with E-state index in [4.69, 9.17) is 11.6 Å².